The van der Waals surface area contributed by atoms with Crippen molar-refractivity contribution in [3.63, 3.8) is 0 Å². The molecule has 0 aliphatic heterocycles. The summed E-state index contributed by atoms with van der Waals surface area (Å²) in [5, 5.41) is 2.91. The Morgan fingerprint density at radius 1 is 1.65 bits per heavy atom. The number of hydrogen-bond donors (Lipinski definition) is 2. The lowest BCUT2D eigenvalue weighted by Gasteiger charge is -2.17. The van der Waals surface area contributed by atoms with Crippen LogP contribution in [-0.2, 0) is 4.79 Å². The number of amides is 1. The third kappa shape index (κ3) is 2.66. The van der Waals surface area contributed by atoms with Crippen LogP contribution in [0.5, 0.6) is 0 Å². The van der Waals surface area contributed by atoms with Gasteiger partial charge in [0.15, 0.2) is 0 Å². The molecule has 3 N–H and O–H groups in total. The van der Waals surface area contributed by atoms with Crippen LogP contribution in [-0.4, -0.2) is 16.9 Å². The van der Waals surface area contributed by atoms with Crippen molar-refractivity contribution in [2.24, 2.45) is 11.7 Å². The summed E-state index contributed by atoms with van der Waals surface area (Å²) in [6.45, 7) is 3.70. The van der Waals surface area contributed by atoms with Crippen molar-refractivity contribution in [3.05, 3.63) is 17.8 Å². The molecule has 1 heterocycles. The standard InChI is InChI=1S/C12H19N3O2/c1-7-6-14-12(17-7)8(2)15-11(16)9-4-3-5-10(9)13/h6,8-10H,3-5,13H2,1-2H3,(H,15,16). The first kappa shape index (κ1) is 12.1. The zero-order chi connectivity index (χ0) is 12.4. The SMILES string of the molecule is Cc1cnc(C(C)NC(=O)C2CCCC2N)o1. The summed E-state index contributed by atoms with van der Waals surface area (Å²) in [6, 6.07) is -0.211. The summed E-state index contributed by atoms with van der Waals surface area (Å²) in [5.74, 6) is 1.24. The molecule has 0 spiro atoms. The maximum absolute atomic E-state index is 12.0. The molecule has 0 aromatic carbocycles. The molecular weight excluding hydrogens is 218 g/mol. The minimum atomic E-state index is -0.205. The van der Waals surface area contributed by atoms with Gasteiger partial charge in [0.1, 0.15) is 11.8 Å². The van der Waals surface area contributed by atoms with Crippen molar-refractivity contribution < 1.29 is 9.21 Å². The highest BCUT2D eigenvalue weighted by molar-refractivity contribution is 5.80. The normalized spacial score (nSPS) is 25.8. The Bertz CT molecular complexity index is 402. The number of nitrogens with one attached hydrogen (secondary N) is 1. The lowest BCUT2D eigenvalue weighted by Crippen LogP contribution is -2.39. The average molecular weight is 237 g/mol. The van der Waals surface area contributed by atoms with E-state index >= 15 is 0 Å². The van der Waals surface area contributed by atoms with E-state index in [0.29, 0.717) is 5.89 Å². The van der Waals surface area contributed by atoms with E-state index in [0.717, 1.165) is 25.0 Å². The largest absolute Gasteiger partial charge is 0.444 e. The van der Waals surface area contributed by atoms with Crippen LogP contribution in [0.3, 0.4) is 0 Å². The van der Waals surface area contributed by atoms with Gasteiger partial charge in [-0.2, -0.15) is 0 Å². The van der Waals surface area contributed by atoms with Crippen LogP contribution in [0.1, 0.15) is 43.9 Å². The molecular formula is C12H19N3O2. The van der Waals surface area contributed by atoms with Crippen molar-refractivity contribution >= 4 is 5.91 Å². The minimum absolute atomic E-state index is 0.00602. The number of carbonyl (C=O) groups excluding carboxylic acids is 1. The minimum Gasteiger partial charge on any atom is -0.444 e. The molecule has 1 aromatic rings. The molecule has 1 saturated carbocycles. The highest BCUT2D eigenvalue weighted by atomic mass is 16.4. The molecule has 17 heavy (non-hydrogen) atoms. The summed E-state index contributed by atoms with van der Waals surface area (Å²) < 4.78 is 5.38. The van der Waals surface area contributed by atoms with E-state index in [2.05, 4.69) is 10.3 Å². The Morgan fingerprint density at radius 3 is 2.94 bits per heavy atom. The van der Waals surface area contributed by atoms with E-state index in [4.69, 9.17) is 10.2 Å². The predicted molar refractivity (Wildman–Crippen MR) is 63.1 cm³/mol. The molecule has 3 atom stereocenters. The second kappa shape index (κ2) is 4.87. The summed E-state index contributed by atoms with van der Waals surface area (Å²) in [6.07, 6.45) is 4.50. The van der Waals surface area contributed by atoms with Gasteiger partial charge in [-0.3, -0.25) is 4.79 Å². The highest BCUT2D eigenvalue weighted by Crippen LogP contribution is 2.25. The van der Waals surface area contributed by atoms with E-state index in [9.17, 15) is 4.79 Å². The molecule has 1 aliphatic rings. The lowest BCUT2D eigenvalue weighted by atomic mass is 10.0. The molecule has 2 rings (SSSR count). The van der Waals surface area contributed by atoms with Gasteiger partial charge in [-0.25, -0.2) is 4.98 Å². The maximum atomic E-state index is 12.0. The van der Waals surface area contributed by atoms with Gasteiger partial charge in [0.2, 0.25) is 11.8 Å². The first-order valence-corrected chi connectivity index (χ1v) is 6.06. The monoisotopic (exact) mass is 237 g/mol. The van der Waals surface area contributed by atoms with Crippen molar-refractivity contribution in [3.8, 4) is 0 Å². The van der Waals surface area contributed by atoms with Gasteiger partial charge in [0, 0.05) is 6.04 Å². The molecule has 1 fully saturated rings. The Balaban J connectivity index is 1.94. The second-order valence-electron chi connectivity index (χ2n) is 4.74. The number of oxazole rings is 1. The number of carbonyl (C=O) groups is 1. The number of nitrogens with two attached hydrogens (primary N) is 1. The van der Waals surface area contributed by atoms with Crippen molar-refractivity contribution in [1.82, 2.24) is 10.3 Å². The van der Waals surface area contributed by atoms with Crippen molar-refractivity contribution in [2.45, 2.75) is 45.2 Å². The first-order chi connectivity index (χ1) is 8.08. The highest BCUT2D eigenvalue weighted by Gasteiger charge is 2.31. The van der Waals surface area contributed by atoms with Gasteiger partial charge in [0.25, 0.3) is 0 Å². The van der Waals surface area contributed by atoms with Crippen LogP contribution in [0, 0.1) is 12.8 Å². The Labute approximate surface area is 101 Å². The second-order valence-corrected chi connectivity index (χ2v) is 4.74. The van der Waals surface area contributed by atoms with E-state index in [1.165, 1.54) is 0 Å². The van der Waals surface area contributed by atoms with Gasteiger partial charge in [0.05, 0.1) is 12.1 Å². The Hall–Kier alpha value is -1.36. The number of nitrogens with zero attached hydrogens (tertiary/aromatic N) is 1. The van der Waals surface area contributed by atoms with Crippen molar-refractivity contribution in [1.29, 1.82) is 0 Å². The number of hydrogen-bond acceptors (Lipinski definition) is 4. The van der Waals surface area contributed by atoms with Gasteiger partial charge in [-0.05, 0) is 26.7 Å². The molecule has 1 amide bonds. The van der Waals surface area contributed by atoms with Crippen LogP contribution in [0.2, 0.25) is 0 Å². The van der Waals surface area contributed by atoms with E-state index in [-0.39, 0.29) is 23.9 Å². The predicted octanol–water partition coefficient (Wildman–Crippen LogP) is 1.29. The van der Waals surface area contributed by atoms with Crippen molar-refractivity contribution in [2.75, 3.05) is 0 Å². The smallest absolute Gasteiger partial charge is 0.225 e. The number of aryl methyl sites for hydroxylation is 1. The Morgan fingerprint density at radius 2 is 2.41 bits per heavy atom. The number of rotatable bonds is 3. The third-order valence-corrected chi connectivity index (χ3v) is 3.27. The number of aromatic nitrogens is 1. The van der Waals surface area contributed by atoms with Gasteiger partial charge < -0.3 is 15.5 Å². The van der Waals surface area contributed by atoms with Crippen LogP contribution in [0.4, 0.5) is 0 Å². The van der Waals surface area contributed by atoms with Crippen LogP contribution < -0.4 is 11.1 Å². The van der Waals surface area contributed by atoms with E-state index in [1.807, 2.05) is 13.8 Å². The van der Waals surface area contributed by atoms with Gasteiger partial charge in [-0.15, -0.1) is 0 Å². The van der Waals surface area contributed by atoms with Gasteiger partial charge in [-0.1, -0.05) is 6.42 Å². The van der Waals surface area contributed by atoms with Gasteiger partial charge >= 0.3 is 0 Å². The van der Waals surface area contributed by atoms with Crippen LogP contribution in [0.25, 0.3) is 0 Å². The molecule has 3 unspecified atom stereocenters. The fourth-order valence-electron chi connectivity index (χ4n) is 2.27. The Kier molecular flexibility index (Phi) is 3.47. The lowest BCUT2D eigenvalue weighted by molar-refractivity contribution is -0.126. The van der Waals surface area contributed by atoms with E-state index < -0.39 is 0 Å². The first-order valence-electron chi connectivity index (χ1n) is 6.06. The summed E-state index contributed by atoms with van der Waals surface area (Å²) in [7, 11) is 0. The molecule has 0 bridgehead atoms. The molecule has 5 nitrogen and oxygen atoms in total. The zero-order valence-electron chi connectivity index (χ0n) is 10.3. The quantitative estimate of drug-likeness (QED) is 0.830. The molecule has 1 aromatic heterocycles. The average Bonchev–Trinajstić information content (AvgIpc) is 2.86. The molecule has 1 aliphatic carbocycles. The fraction of sp³-hybridized carbons (Fsp3) is 0.667. The molecule has 0 radical (unpaired) electrons. The topological polar surface area (TPSA) is 81.2 Å². The molecule has 5 heteroatoms. The molecule has 0 saturated heterocycles. The van der Waals surface area contributed by atoms with E-state index in [1.54, 1.807) is 6.20 Å². The maximum Gasteiger partial charge on any atom is 0.225 e. The van der Waals surface area contributed by atoms with Crippen LogP contribution in [0.15, 0.2) is 10.6 Å². The molecule has 94 valence electrons. The third-order valence-electron chi connectivity index (χ3n) is 3.27. The summed E-state index contributed by atoms with van der Waals surface area (Å²) in [5.41, 5.74) is 5.90. The summed E-state index contributed by atoms with van der Waals surface area (Å²) >= 11 is 0. The summed E-state index contributed by atoms with van der Waals surface area (Å²) in [4.78, 5) is 16.1. The fourth-order valence-corrected chi connectivity index (χ4v) is 2.27. The zero-order valence-corrected chi connectivity index (χ0v) is 10.3. The van der Waals surface area contributed by atoms with Crippen LogP contribution >= 0.6 is 0 Å².